The molecule has 0 aliphatic rings. The fraction of sp³-hybridized carbons (Fsp3) is 0.0952. The van der Waals surface area contributed by atoms with Crippen LogP contribution in [0.5, 0.6) is 0 Å². The molecule has 170 valence electrons. The molecule has 2 heterocycles. The molecule has 0 saturated heterocycles. The minimum Gasteiger partial charge on any atom is -0.364 e. The first-order valence-electron chi connectivity index (χ1n) is 9.41. The predicted octanol–water partition coefficient (Wildman–Crippen LogP) is 5.45. The summed E-state index contributed by atoms with van der Waals surface area (Å²) in [5.74, 6) is -0.594. The van der Waals surface area contributed by atoms with Crippen molar-refractivity contribution >= 4 is 40.5 Å². The van der Waals surface area contributed by atoms with Gasteiger partial charge in [-0.3, -0.25) is 4.79 Å². The molecule has 7 nitrogen and oxygen atoms in total. The van der Waals surface area contributed by atoms with Gasteiger partial charge in [0.15, 0.2) is 5.69 Å². The average Bonchev–Trinajstić information content (AvgIpc) is 3.34. The Bertz CT molecular complexity index is 1290. The van der Waals surface area contributed by atoms with E-state index in [1.165, 1.54) is 23.3 Å². The zero-order valence-electron chi connectivity index (χ0n) is 16.6. The minimum atomic E-state index is -4.37. The minimum absolute atomic E-state index is 0.0456. The van der Waals surface area contributed by atoms with Crippen molar-refractivity contribution in [3.63, 3.8) is 0 Å². The van der Waals surface area contributed by atoms with Crippen molar-refractivity contribution in [3.8, 4) is 17.1 Å². The standard InChI is InChI=1S/C21H15Cl2F3N6O/c22-14-2-1-3-15(23)18(14)32-10-16(17(30-32)19(27)33)29-13-6-4-12(5-7-13)20-28-8-9-31(20)11-21(24,25)26/h1-10,29H,11H2,(H2,27,33). The molecule has 0 radical (unpaired) electrons. The number of rotatable bonds is 6. The van der Waals surface area contributed by atoms with Crippen LogP contribution in [0.4, 0.5) is 24.5 Å². The van der Waals surface area contributed by atoms with Crippen molar-refractivity contribution in [1.29, 1.82) is 0 Å². The largest absolute Gasteiger partial charge is 0.406 e. The van der Waals surface area contributed by atoms with Crippen LogP contribution in [0, 0.1) is 0 Å². The van der Waals surface area contributed by atoms with Gasteiger partial charge in [0.05, 0.1) is 21.9 Å². The summed E-state index contributed by atoms with van der Waals surface area (Å²) in [6, 6.07) is 11.4. The molecule has 3 N–H and O–H groups in total. The maximum Gasteiger partial charge on any atom is 0.406 e. The van der Waals surface area contributed by atoms with Crippen LogP contribution in [0.15, 0.2) is 61.1 Å². The Morgan fingerprint density at radius 3 is 2.36 bits per heavy atom. The Balaban J connectivity index is 1.62. The van der Waals surface area contributed by atoms with Gasteiger partial charge in [0.25, 0.3) is 5.91 Å². The fourth-order valence-corrected chi connectivity index (χ4v) is 3.79. The number of anilines is 2. The Kier molecular flexibility index (Phi) is 6.05. The van der Waals surface area contributed by atoms with Crippen molar-refractivity contribution in [2.75, 3.05) is 5.32 Å². The van der Waals surface area contributed by atoms with Crippen molar-refractivity contribution < 1.29 is 18.0 Å². The third-order valence-corrected chi connectivity index (χ3v) is 5.21. The number of carbonyl (C=O) groups excluding carboxylic acids is 1. The van der Waals surface area contributed by atoms with E-state index < -0.39 is 18.6 Å². The summed E-state index contributed by atoms with van der Waals surface area (Å²) in [5, 5.41) is 7.87. The Morgan fingerprint density at radius 1 is 1.09 bits per heavy atom. The van der Waals surface area contributed by atoms with Gasteiger partial charge in [0.2, 0.25) is 0 Å². The molecule has 0 aliphatic heterocycles. The first-order chi connectivity index (χ1) is 15.6. The number of nitrogens with two attached hydrogens (primary N) is 1. The van der Waals surface area contributed by atoms with E-state index in [1.54, 1.807) is 42.5 Å². The van der Waals surface area contributed by atoms with E-state index in [0.717, 1.165) is 4.57 Å². The van der Waals surface area contributed by atoms with E-state index in [0.29, 0.717) is 32.7 Å². The second-order valence-electron chi connectivity index (χ2n) is 6.97. The molecule has 0 bridgehead atoms. The van der Waals surface area contributed by atoms with Crippen molar-refractivity contribution in [2.24, 2.45) is 5.73 Å². The van der Waals surface area contributed by atoms with E-state index in [4.69, 9.17) is 28.9 Å². The lowest BCUT2D eigenvalue weighted by molar-refractivity contribution is -0.140. The lowest BCUT2D eigenvalue weighted by atomic mass is 10.2. The van der Waals surface area contributed by atoms with Gasteiger partial charge in [-0.1, -0.05) is 29.3 Å². The zero-order valence-corrected chi connectivity index (χ0v) is 18.2. The normalized spacial score (nSPS) is 11.5. The van der Waals surface area contributed by atoms with Gasteiger partial charge in [-0.05, 0) is 36.4 Å². The van der Waals surface area contributed by atoms with Crippen molar-refractivity contribution in [2.45, 2.75) is 12.7 Å². The number of aromatic nitrogens is 4. The van der Waals surface area contributed by atoms with Gasteiger partial charge in [0, 0.05) is 23.6 Å². The van der Waals surface area contributed by atoms with Gasteiger partial charge < -0.3 is 15.6 Å². The first-order valence-corrected chi connectivity index (χ1v) is 10.2. The van der Waals surface area contributed by atoms with Crippen molar-refractivity contribution in [1.82, 2.24) is 19.3 Å². The summed E-state index contributed by atoms with van der Waals surface area (Å²) in [6.07, 6.45) is -0.285. The number of para-hydroxylation sites is 1. The number of primary amides is 1. The monoisotopic (exact) mass is 494 g/mol. The number of hydrogen-bond donors (Lipinski definition) is 2. The van der Waals surface area contributed by atoms with E-state index in [1.807, 2.05) is 0 Å². The molecule has 0 spiro atoms. The van der Waals surface area contributed by atoms with Crippen LogP contribution in [-0.2, 0) is 6.54 Å². The third kappa shape index (κ3) is 4.96. The van der Waals surface area contributed by atoms with Crippen LogP contribution in [0.1, 0.15) is 10.5 Å². The van der Waals surface area contributed by atoms with Crippen molar-refractivity contribution in [3.05, 3.63) is 76.8 Å². The molecule has 12 heteroatoms. The smallest absolute Gasteiger partial charge is 0.364 e. The van der Waals surface area contributed by atoms with Gasteiger partial charge in [-0.15, -0.1) is 0 Å². The number of carbonyl (C=O) groups is 1. The third-order valence-electron chi connectivity index (χ3n) is 4.60. The van der Waals surface area contributed by atoms with Crippen LogP contribution < -0.4 is 11.1 Å². The van der Waals surface area contributed by atoms with Crippen LogP contribution >= 0.6 is 23.2 Å². The molecule has 33 heavy (non-hydrogen) atoms. The van der Waals surface area contributed by atoms with Gasteiger partial charge in [-0.25, -0.2) is 9.67 Å². The number of nitrogens with one attached hydrogen (secondary N) is 1. The Morgan fingerprint density at radius 2 is 1.76 bits per heavy atom. The number of halogens is 5. The maximum atomic E-state index is 12.8. The number of imidazole rings is 1. The second kappa shape index (κ2) is 8.80. The average molecular weight is 495 g/mol. The van der Waals surface area contributed by atoms with E-state index in [2.05, 4.69) is 15.4 Å². The quantitative estimate of drug-likeness (QED) is 0.373. The number of alkyl halides is 3. The van der Waals surface area contributed by atoms with Gasteiger partial charge >= 0.3 is 6.18 Å². The van der Waals surface area contributed by atoms with E-state index >= 15 is 0 Å². The topological polar surface area (TPSA) is 90.8 Å². The molecule has 0 atom stereocenters. The van der Waals surface area contributed by atoms with Gasteiger partial charge in [0.1, 0.15) is 18.1 Å². The lowest BCUT2D eigenvalue weighted by Crippen LogP contribution is -2.17. The molecular weight excluding hydrogens is 480 g/mol. The SMILES string of the molecule is NC(=O)c1nn(-c2c(Cl)cccc2Cl)cc1Nc1ccc(-c2nccn2CC(F)(F)F)cc1. The van der Waals surface area contributed by atoms with Crippen LogP contribution in [0.3, 0.4) is 0 Å². The predicted molar refractivity (Wildman–Crippen MR) is 119 cm³/mol. The van der Waals surface area contributed by atoms with E-state index in [9.17, 15) is 18.0 Å². The van der Waals surface area contributed by atoms with Crippen LogP contribution in [-0.4, -0.2) is 31.4 Å². The maximum absolute atomic E-state index is 12.8. The summed E-state index contributed by atoms with van der Waals surface area (Å²) in [5.41, 5.74) is 7.13. The molecule has 2 aromatic carbocycles. The lowest BCUT2D eigenvalue weighted by Gasteiger charge is -2.11. The molecule has 0 saturated carbocycles. The van der Waals surface area contributed by atoms with Crippen LogP contribution in [0.2, 0.25) is 10.0 Å². The van der Waals surface area contributed by atoms with Gasteiger partial charge in [-0.2, -0.15) is 18.3 Å². The molecular formula is C21H15Cl2F3N6O. The Hall–Kier alpha value is -3.50. The molecule has 0 unspecified atom stereocenters. The summed E-state index contributed by atoms with van der Waals surface area (Å²) in [4.78, 5) is 15.9. The highest BCUT2D eigenvalue weighted by Crippen LogP contribution is 2.31. The summed E-state index contributed by atoms with van der Waals surface area (Å²) >= 11 is 12.4. The summed E-state index contributed by atoms with van der Waals surface area (Å²) < 4.78 is 40.7. The molecule has 4 rings (SSSR count). The molecule has 1 amide bonds. The highest BCUT2D eigenvalue weighted by Gasteiger charge is 2.29. The molecule has 4 aromatic rings. The summed E-state index contributed by atoms with van der Waals surface area (Å²) in [6.45, 7) is -1.14. The zero-order chi connectivity index (χ0) is 23.8. The molecule has 0 aliphatic carbocycles. The highest BCUT2D eigenvalue weighted by atomic mass is 35.5. The second-order valence-corrected chi connectivity index (χ2v) is 7.78. The van der Waals surface area contributed by atoms with Crippen LogP contribution in [0.25, 0.3) is 17.1 Å². The fourth-order valence-electron chi connectivity index (χ4n) is 3.22. The van der Waals surface area contributed by atoms with E-state index in [-0.39, 0.29) is 11.5 Å². The molecule has 2 aromatic heterocycles. The number of hydrogen-bond acceptors (Lipinski definition) is 4. The summed E-state index contributed by atoms with van der Waals surface area (Å²) in [7, 11) is 0. The molecule has 0 fully saturated rings. The Labute approximate surface area is 195 Å². The number of nitrogens with zero attached hydrogens (tertiary/aromatic N) is 4. The number of amides is 1. The number of benzene rings is 2. The first kappa shape index (κ1) is 22.7. The highest BCUT2D eigenvalue weighted by molar-refractivity contribution is 6.37.